The largest absolute Gasteiger partial charge is 0.376 e. The Morgan fingerprint density at radius 3 is 3.11 bits per heavy atom. The third-order valence-electron chi connectivity index (χ3n) is 3.47. The van der Waals surface area contributed by atoms with Crippen LogP contribution in [0, 0.1) is 3.57 Å². The zero-order chi connectivity index (χ0) is 13.1. The van der Waals surface area contributed by atoms with Crippen LogP contribution in [0.2, 0.25) is 0 Å². The molecule has 1 aliphatic rings. The molecule has 1 aromatic carbocycles. The lowest BCUT2D eigenvalue weighted by atomic mass is 10.1. The van der Waals surface area contributed by atoms with Crippen molar-refractivity contribution in [1.82, 2.24) is 9.55 Å². The zero-order valence-corrected chi connectivity index (χ0v) is 12.9. The molecule has 1 aromatic heterocycles. The molecule has 0 aliphatic carbocycles. The lowest BCUT2D eigenvalue weighted by Crippen LogP contribution is -2.24. The number of hydrogen-bond acceptors (Lipinski definition) is 2. The fourth-order valence-electron chi connectivity index (χ4n) is 2.52. The highest BCUT2D eigenvalue weighted by Gasteiger charge is 2.16. The van der Waals surface area contributed by atoms with E-state index in [0.29, 0.717) is 6.10 Å². The molecule has 0 spiro atoms. The maximum Gasteiger partial charge on any atom is 0.140 e. The average Bonchev–Trinajstić information content (AvgIpc) is 2.88. The maximum absolute atomic E-state index is 5.82. The molecule has 3 rings (SSSR count). The van der Waals surface area contributed by atoms with E-state index in [2.05, 4.69) is 56.4 Å². The summed E-state index contributed by atoms with van der Waals surface area (Å²) in [6, 6.07) is 8.46. The Labute approximate surface area is 127 Å². The van der Waals surface area contributed by atoms with Gasteiger partial charge in [-0.1, -0.05) is 12.1 Å². The number of rotatable bonds is 3. The van der Waals surface area contributed by atoms with Crippen molar-refractivity contribution in [1.29, 1.82) is 0 Å². The SMILES string of the molecule is Ic1cccc(-c2nccn2CC2CCCCO2)c1. The predicted molar refractivity (Wildman–Crippen MR) is 84.0 cm³/mol. The van der Waals surface area contributed by atoms with Crippen LogP contribution in [-0.2, 0) is 11.3 Å². The molecule has 100 valence electrons. The van der Waals surface area contributed by atoms with Crippen molar-refractivity contribution < 1.29 is 4.74 Å². The summed E-state index contributed by atoms with van der Waals surface area (Å²) in [4.78, 5) is 4.50. The summed E-state index contributed by atoms with van der Waals surface area (Å²) in [7, 11) is 0. The Balaban J connectivity index is 1.81. The first-order valence-electron chi connectivity index (χ1n) is 6.71. The minimum Gasteiger partial charge on any atom is -0.376 e. The molecule has 4 heteroatoms. The van der Waals surface area contributed by atoms with E-state index < -0.39 is 0 Å². The molecule has 1 unspecified atom stereocenters. The monoisotopic (exact) mass is 368 g/mol. The molecule has 0 saturated carbocycles. The van der Waals surface area contributed by atoms with Crippen LogP contribution in [0.3, 0.4) is 0 Å². The molecule has 1 aliphatic heterocycles. The fraction of sp³-hybridized carbons (Fsp3) is 0.400. The molecular weight excluding hydrogens is 351 g/mol. The lowest BCUT2D eigenvalue weighted by molar-refractivity contribution is 0.00624. The molecule has 3 nitrogen and oxygen atoms in total. The van der Waals surface area contributed by atoms with Gasteiger partial charge >= 0.3 is 0 Å². The zero-order valence-electron chi connectivity index (χ0n) is 10.8. The molecule has 0 radical (unpaired) electrons. The van der Waals surface area contributed by atoms with Crippen molar-refractivity contribution >= 4 is 22.6 Å². The van der Waals surface area contributed by atoms with Crippen LogP contribution in [-0.4, -0.2) is 22.3 Å². The summed E-state index contributed by atoms with van der Waals surface area (Å²) in [6.45, 7) is 1.80. The second-order valence-corrected chi connectivity index (χ2v) is 6.15. The molecule has 0 amide bonds. The van der Waals surface area contributed by atoms with Crippen molar-refractivity contribution in [3.8, 4) is 11.4 Å². The van der Waals surface area contributed by atoms with E-state index in [0.717, 1.165) is 25.4 Å². The first-order valence-corrected chi connectivity index (χ1v) is 7.79. The molecule has 0 bridgehead atoms. The van der Waals surface area contributed by atoms with Gasteiger partial charge < -0.3 is 9.30 Å². The Kier molecular flexibility index (Phi) is 4.18. The number of hydrogen-bond donors (Lipinski definition) is 0. The molecule has 2 aromatic rings. The number of ether oxygens (including phenoxy) is 1. The molecule has 1 atom stereocenters. The molecule has 19 heavy (non-hydrogen) atoms. The summed E-state index contributed by atoms with van der Waals surface area (Å²) in [5.74, 6) is 1.03. The van der Waals surface area contributed by atoms with Gasteiger partial charge in [0.1, 0.15) is 5.82 Å². The summed E-state index contributed by atoms with van der Waals surface area (Å²) in [6.07, 6.45) is 7.89. The lowest BCUT2D eigenvalue weighted by Gasteiger charge is -2.23. The van der Waals surface area contributed by atoms with Gasteiger partial charge in [0.2, 0.25) is 0 Å². The Hall–Kier alpha value is -0.880. The molecule has 0 N–H and O–H groups in total. The van der Waals surface area contributed by atoms with Crippen molar-refractivity contribution in [2.24, 2.45) is 0 Å². The summed E-state index contributed by atoms with van der Waals surface area (Å²) >= 11 is 2.34. The summed E-state index contributed by atoms with van der Waals surface area (Å²) < 4.78 is 9.26. The normalized spacial score (nSPS) is 19.5. The van der Waals surface area contributed by atoms with Gasteiger partial charge in [-0.05, 0) is 54.0 Å². The van der Waals surface area contributed by atoms with Gasteiger partial charge in [-0.3, -0.25) is 0 Å². The standard InChI is InChI=1S/C15H17IN2O/c16-13-5-3-4-12(10-13)15-17-7-8-18(15)11-14-6-1-2-9-19-14/h3-5,7-8,10,14H,1-2,6,9,11H2. The van der Waals surface area contributed by atoms with Gasteiger partial charge in [0.15, 0.2) is 0 Å². The number of halogens is 1. The summed E-state index contributed by atoms with van der Waals surface area (Å²) in [5, 5.41) is 0. The van der Waals surface area contributed by atoms with Gasteiger partial charge in [0, 0.05) is 28.1 Å². The van der Waals surface area contributed by atoms with E-state index in [-0.39, 0.29) is 0 Å². The quantitative estimate of drug-likeness (QED) is 0.773. The number of aromatic nitrogens is 2. The van der Waals surface area contributed by atoms with E-state index in [4.69, 9.17) is 4.74 Å². The van der Waals surface area contributed by atoms with Gasteiger partial charge in [-0.15, -0.1) is 0 Å². The van der Waals surface area contributed by atoms with E-state index in [1.807, 2.05) is 12.4 Å². The smallest absolute Gasteiger partial charge is 0.140 e. The van der Waals surface area contributed by atoms with E-state index in [1.54, 1.807) is 0 Å². The fourth-order valence-corrected chi connectivity index (χ4v) is 3.06. The van der Waals surface area contributed by atoms with Gasteiger partial charge in [0.05, 0.1) is 12.6 Å². The number of benzene rings is 1. The third kappa shape index (κ3) is 3.17. The Morgan fingerprint density at radius 2 is 2.32 bits per heavy atom. The van der Waals surface area contributed by atoms with Crippen LogP contribution >= 0.6 is 22.6 Å². The number of nitrogens with zero attached hydrogens (tertiary/aromatic N) is 2. The van der Waals surface area contributed by atoms with Crippen LogP contribution in [0.1, 0.15) is 19.3 Å². The minimum absolute atomic E-state index is 0.337. The second kappa shape index (κ2) is 6.05. The highest BCUT2D eigenvalue weighted by molar-refractivity contribution is 14.1. The van der Waals surface area contributed by atoms with Crippen LogP contribution in [0.5, 0.6) is 0 Å². The van der Waals surface area contributed by atoms with Crippen molar-refractivity contribution in [2.75, 3.05) is 6.61 Å². The predicted octanol–water partition coefficient (Wildman–Crippen LogP) is 3.72. The van der Waals surface area contributed by atoms with Gasteiger partial charge in [-0.25, -0.2) is 4.98 Å². The second-order valence-electron chi connectivity index (χ2n) is 4.90. The van der Waals surface area contributed by atoms with Crippen molar-refractivity contribution in [3.05, 3.63) is 40.2 Å². The Morgan fingerprint density at radius 1 is 1.37 bits per heavy atom. The van der Waals surface area contributed by atoms with E-state index in [9.17, 15) is 0 Å². The topological polar surface area (TPSA) is 27.1 Å². The van der Waals surface area contributed by atoms with Crippen LogP contribution in [0.25, 0.3) is 11.4 Å². The van der Waals surface area contributed by atoms with Crippen LogP contribution < -0.4 is 0 Å². The first-order chi connectivity index (χ1) is 9.33. The van der Waals surface area contributed by atoms with Crippen LogP contribution in [0.15, 0.2) is 36.7 Å². The average molecular weight is 368 g/mol. The van der Waals surface area contributed by atoms with Crippen molar-refractivity contribution in [2.45, 2.75) is 31.9 Å². The molecule has 2 heterocycles. The third-order valence-corrected chi connectivity index (χ3v) is 4.14. The van der Waals surface area contributed by atoms with E-state index in [1.165, 1.54) is 22.0 Å². The highest BCUT2D eigenvalue weighted by Crippen LogP contribution is 2.22. The highest BCUT2D eigenvalue weighted by atomic mass is 127. The minimum atomic E-state index is 0.337. The van der Waals surface area contributed by atoms with Gasteiger partial charge in [-0.2, -0.15) is 0 Å². The Bertz CT molecular complexity index is 547. The van der Waals surface area contributed by atoms with Gasteiger partial charge in [0.25, 0.3) is 0 Å². The van der Waals surface area contributed by atoms with E-state index >= 15 is 0 Å². The van der Waals surface area contributed by atoms with Crippen molar-refractivity contribution in [3.63, 3.8) is 0 Å². The summed E-state index contributed by atoms with van der Waals surface area (Å²) in [5.41, 5.74) is 1.17. The van der Waals surface area contributed by atoms with Crippen LogP contribution in [0.4, 0.5) is 0 Å². The molecule has 1 fully saturated rings. The molecule has 1 saturated heterocycles. The molecular formula is C15H17IN2O. The number of imidazole rings is 1. The first kappa shape index (κ1) is 13.1. The maximum atomic E-state index is 5.82.